The van der Waals surface area contributed by atoms with Gasteiger partial charge >= 0.3 is 0 Å². The molecule has 20 heavy (non-hydrogen) atoms. The summed E-state index contributed by atoms with van der Waals surface area (Å²) in [5.41, 5.74) is 0. The van der Waals surface area contributed by atoms with E-state index in [0.717, 1.165) is 25.3 Å². The lowest BCUT2D eigenvalue weighted by molar-refractivity contribution is -0.105. The van der Waals surface area contributed by atoms with Crippen molar-refractivity contribution in [3.8, 4) is 0 Å². The molecular formula is C11H13N7OS. The number of hydrogen-bond acceptors (Lipinski definition) is 8. The van der Waals surface area contributed by atoms with Crippen molar-refractivity contribution in [2.45, 2.75) is 12.5 Å². The molecule has 1 atom stereocenters. The summed E-state index contributed by atoms with van der Waals surface area (Å²) in [4.78, 5) is 12.5. The minimum Gasteiger partial charge on any atom is -0.355 e. The molecule has 0 bridgehead atoms. The van der Waals surface area contributed by atoms with Crippen molar-refractivity contribution in [3.05, 3.63) is 18.3 Å². The maximum atomic E-state index is 10.3. The fourth-order valence-electron chi connectivity index (χ4n) is 2.11. The van der Waals surface area contributed by atoms with Gasteiger partial charge in [0.1, 0.15) is 0 Å². The molecule has 3 rings (SSSR count). The molecule has 2 aromatic heterocycles. The predicted molar refractivity (Wildman–Crippen MR) is 75.9 cm³/mol. The van der Waals surface area contributed by atoms with Gasteiger partial charge in [0.15, 0.2) is 5.82 Å². The average molecular weight is 291 g/mol. The smallest absolute Gasteiger partial charge is 0.213 e. The molecule has 8 nitrogen and oxygen atoms in total. The van der Waals surface area contributed by atoms with Gasteiger partial charge < -0.3 is 15.5 Å². The molecule has 1 amide bonds. The second-order valence-corrected chi connectivity index (χ2v) is 5.31. The molecule has 1 aliphatic rings. The Bertz CT molecular complexity index is 575. The Hall–Kier alpha value is -2.29. The molecule has 1 saturated heterocycles. The number of aromatic nitrogens is 4. The largest absolute Gasteiger partial charge is 0.355 e. The van der Waals surface area contributed by atoms with E-state index in [1.54, 1.807) is 6.20 Å². The second kappa shape index (κ2) is 5.78. The average Bonchev–Trinajstić information content (AvgIpc) is 3.11. The summed E-state index contributed by atoms with van der Waals surface area (Å²) in [6, 6.07) is 4.12. The summed E-state index contributed by atoms with van der Waals surface area (Å²) in [5.74, 6) is 0.886. The van der Waals surface area contributed by atoms with E-state index in [9.17, 15) is 4.79 Å². The monoisotopic (exact) mass is 291 g/mol. The first-order chi connectivity index (χ1) is 9.85. The Balaban J connectivity index is 1.58. The molecule has 104 valence electrons. The van der Waals surface area contributed by atoms with Gasteiger partial charge in [0.2, 0.25) is 16.7 Å². The lowest BCUT2D eigenvalue weighted by Gasteiger charge is -2.16. The van der Waals surface area contributed by atoms with Gasteiger partial charge in [0, 0.05) is 25.3 Å². The minimum atomic E-state index is 0.286. The van der Waals surface area contributed by atoms with Crippen LogP contribution in [0.25, 0.3) is 0 Å². The van der Waals surface area contributed by atoms with Gasteiger partial charge in [-0.1, -0.05) is 11.3 Å². The minimum absolute atomic E-state index is 0.286. The van der Waals surface area contributed by atoms with Gasteiger partial charge in [-0.15, -0.1) is 15.3 Å². The number of carbonyl (C=O) groups excluding carboxylic acids is 1. The maximum absolute atomic E-state index is 10.3. The van der Waals surface area contributed by atoms with Gasteiger partial charge in [-0.05, 0) is 18.6 Å². The molecule has 2 aromatic rings. The zero-order valence-electron chi connectivity index (χ0n) is 10.6. The van der Waals surface area contributed by atoms with E-state index in [4.69, 9.17) is 0 Å². The third kappa shape index (κ3) is 2.82. The predicted octanol–water partition coefficient (Wildman–Crippen LogP) is 0.587. The maximum Gasteiger partial charge on any atom is 0.213 e. The van der Waals surface area contributed by atoms with Crippen molar-refractivity contribution >= 4 is 33.8 Å². The lowest BCUT2D eigenvalue weighted by atomic mass is 10.3. The SMILES string of the molecule is O=CNc1nnc(NC2CCN(c3cccnn3)C2)s1. The van der Waals surface area contributed by atoms with E-state index in [-0.39, 0.29) is 6.04 Å². The molecular weight excluding hydrogens is 278 g/mol. The summed E-state index contributed by atoms with van der Waals surface area (Å²) in [6.45, 7) is 1.77. The number of nitrogens with one attached hydrogen (secondary N) is 2. The Labute approximate surface area is 119 Å². The normalized spacial score (nSPS) is 18.0. The van der Waals surface area contributed by atoms with Crippen molar-refractivity contribution in [1.29, 1.82) is 0 Å². The number of rotatable bonds is 5. The summed E-state index contributed by atoms with van der Waals surface area (Å²) in [5, 5.41) is 22.8. The summed E-state index contributed by atoms with van der Waals surface area (Å²) in [7, 11) is 0. The van der Waals surface area contributed by atoms with Gasteiger partial charge in [0.25, 0.3) is 0 Å². The highest BCUT2D eigenvalue weighted by molar-refractivity contribution is 7.19. The van der Waals surface area contributed by atoms with Crippen LogP contribution >= 0.6 is 11.3 Å². The molecule has 3 heterocycles. The summed E-state index contributed by atoms with van der Waals surface area (Å²) >= 11 is 1.32. The molecule has 0 radical (unpaired) electrons. The van der Waals surface area contributed by atoms with Crippen LogP contribution in [0.4, 0.5) is 16.1 Å². The molecule has 0 aliphatic carbocycles. The third-order valence-corrected chi connectivity index (χ3v) is 3.79. The van der Waals surface area contributed by atoms with Crippen LogP contribution in [0.15, 0.2) is 18.3 Å². The van der Waals surface area contributed by atoms with E-state index >= 15 is 0 Å². The molecule has 1 unspecified atom stereocenters. The van der Waals surface area contributed by atoms with Gasteiger partial charge in [0.05, 0.1) is 0 Å². The van der Waals surface area contributed by atoms with Gasteiger partial charge in [-0.2, -0.15) is 5.10 Å². The first kappa shape index (κ1) is 12.7. The highest BCUT2D eigenvalue weighted by atomic mass is 32.1. The molecule has 2 N–H and O–H groups in total. The fourth-order valence-corrected chi connectivity index (χ4v) is 2.79. The Morgan fingerprint density at radius 1 is 1.35 bits per heavy atom. The molecule has 9 heteroatoms. The molecule has 1 aliphatic heterocycles. The van der Waals surface area contributed by atoms with Crippen LogP contribution in [0.2, 0.25) is 0 Å². The van der Waals surface area contributed by atoms with Crippen LogP contribution in [-0.2, 0) is 4.79 Å². The Morgan fingerprint density at radius 3 is 3.05 bits per heavy atom. The highest BCUT2D eigenvalue weighted by Gasteiger charge is 2.24. The first-order valence-corrected chi connectivity index (χ1v) is 6.99. The van der Waals surface area contributed by atoms with Gasteiger partial charge in [-0.25, -0.2) is 0 Å². The van der Waals surface area contributed by atoms with Gasteiger partial charge in [-0.3, -0.25) is 4.79 Å². The molecule has 0 aromatic carbocycles. The first-order valence-electron chi connectivity index (χ1n) is 6.18. The van der Waals surface area contributed by atoms with Crippen LogP contribution in [-0.4, -0.2) is 45.9 Å². The van der Waals surface area contributed by atoms with Crippen molar-refractivity contribution < 1.29 is 4.79 Å². The van der Waals surface area contributed by atoms with Crippen molar-refractivity contribution in [2.75, 3.05) is 28.6 Å². The zero-order valence-corrected chi connectivity index (χ0v) is 11.4. The summed E-state index contributed by atoms with van der Waals surface area (Å²) in [6.07, 6.45) is 3.25. The number of anilines is 3. The molecule has 0 saturated carbocycles. The fraction of sp³-hybridized carbons (Fsp3) is 0.364. The van der Waals surface area contributed by atoms with Crippen LogP contribution in [0.1, 0.15) is 6.42 Å². The van der Waals surface area contributed by atoms with Crippen molar-refractivity contribution in [3.63, 3.8) is 0 Å². The third-order valence-electron chi connectivity index (χ3n) is 3.01. The van der Waals surface area contributed by atoms with E-state index in [1.807, 2.05) is 12.1 Å². The molecule has 0 spiro atoms. The Morgan fingerprint density at radius 2 is 2.25 bits per heavy atom. The number of nitrogens with zero attached hydrogens (tertiary/aromatic N) is 5. The van der Waals surface area contributed by atoms with E-state index in [1.165, 1.54) is 11.3 Å². The standard InChI is InChI=1S/C11H13N7OS/c19-7-12-10-16-17-11(20-10)14-8-3-5-18(6-8)9-2-1-4-13-15-9/h1-2,4,7-8H,3,5-6H2,(H,14,17)(H,12,16,19). The molecule has 1 fully saturated rings. The number of carbonyl (C=O) groups is 1. The van der Waals surface area contributed by atoms with Crippen molar-refractivity contribution in [1.82, 2.24) is 20.4 Å². The lowest BCUT2D eigenvalue weighted by Crippen LogP contribution is -2.26. The quantitative estimate of drug-likeness (QED) is 0.778. The Kier molecular flexibility index (Phi) is 3.68. The number of amides is 1. The zero-order chi connectivity index (χ0) is 13.8. The van der Waals surface area contributed by atoms with E-state index in [0.29, 0.717) is 16.7 Å². The van der Waals surface area contributed by atoms with E-state index in [2.05, 4.69) is 35.9 Å². The number of hydrogen-bond donors (Lipinski definition) is 2. The van der Waals surface area contributed by atoms with Crippen LogP contribution in [0, 0.1) is 0 Å². The highest BCUT2D eigenvalue weighted by Crippen LogP contribution is 2.23. The second-order valence-electron chi connectivity index (χ2n) is 4.33. The van der Waals surface area contributed by atoms with E-state index < -0.39 is 0 Å². The van der Waals surface area contributed by atoms with Crippen molar-refractivity contribution in [2.24, 2.45) is 0 Å². The topological polar surface area (TPSA) is 95.9 Å². The van der Waals surface area contributed by atoms with Crippen LogP contribution < -0.4 is 15.5 Å². The van der Waals surface area contributed by atoms with Crippen LogP contribution in [0.5, 0.6) is 0 Å². The van der Waals surface area contributed by atoms with Crippen LogP contribution in [0.3, 0.4) is 0 Å². The summed E-state index contributed by atoms with van der Waals surface area (Å²) < 4.78 is 0.